The van der Waals surface area contributed by atoms with Crippen LogP contribution in [0.25, 0.3) is 0 Å². The number of benzene rings is 1. The zero-order chi connectivity index (χ0) is 9.97. The van der Waals surface area contributed by atoms with Crippen LogP contribution in [-0.2, 0) is 0 Å². The molecule has 1 aromatic rings. The van der Waals surface area contributed by atoms with Gasteiger partial charge in [0.1, 0.15) is 6.10 Å². The minimum absolute atomic E-state index is 0.0961. The summed E-state index contributed by atoms with van der Waals surface area (Å²) in [6.45, 7) is 1.74. The zero-order valence-electron chi connectivity index (χ0n) is 7.59. The molecule has 0 radical (unpaired) electrons. The van der Waals surface area contributed by atoms with Gasteiger partial charge in [0.15, 0.2) is 11.6 Å². The van der Waals surface area contributed by atoms with E-state index >= 15 is 0 Å². The maximum atomic E-state index is 13.3. The Bertz CT molecular complexity index is 326. The van der Waals surface area contributed by atoms with Gasteiger partial charge in [0.25, 0.3) is 0 Å². The number of hydrogen-bond acceptors (Lipinski definition) is 2. The number of halogens is 2. The number of hydrogen-bond donors (Lipinski definition) is 1. The Morgan fingerprint density at radius 2 is 2.36 bits per heavy atom. The Labute approximate surface area is 90.6 Å². The van der Waals surface area contributed by atoms with Gasteiger partial charge in [-0.2, -0.15) is 0 Å². The predicted molar refractivity (Wildman–Crippen MR) is 56.0 cm³/mol. The Hall–Kier alpha value is -0.610. The van der Waals surface area contributed by atoms with Gasteiger partial charge in [0, 0.05) is 11.0 Å². The second-order valence-corrected chi connectivity index (χ2v) is 4.22. The van der Waals surface area contributed by atoms with Crippen LogP contribution in [0.15, 0.2) is 22.7 Å². The van der Waals surface area contributed by atoms with Crippen LogP contribution >= 0.6 is 15.9 Å². The normalized spacial score (nSPS) is 21.1. The summed E-state index contributed by atoms with van der Waals surface area (Å²) in [7, 11) is 0. The molecule has 2 nitrogen and oxygen atoms in total. The van der Waals surface area contributed by atoms with Crippen LogP contribution in [0.5, 0.6) is 5.75 Å². The van der Waals surface area contributed by atoms with Gasteiger partial charge in [0.2, 0.25) is 0 Å². The van der Waals surface area contributed by atoms with Crippen molar-refractivity contribution in [2.45, 2.75) is 12.5 Å². The van der Waals surface area contributed by atoms with Crippen molar-refractivity contribution in [1.29, 1.82) is 0 Å². The van der Waals surface area contributed by atoms with E-state index in [9.17, 15) is 4.39 Å². The van der Waals surface area contributed by atoms with Crippen molar-refractivity contribution in [2.75, 3.05) is 13.1 Å². The van der Waals surface area contributed by atoms with E-state index in [4.69, 9.17) is 4.74 Å². The molecule has 1 aliphatic heterocycles. The van der Waals surface area contributed by atoms with Crippen molar-refractivity contribution in [3.05, 3.63) is 28.5 Å². The van der Waals surface area contributed by atoms with Crippen molar-refractivity contribution in [3.8, 4) is 5.75 Å². The molecule has 1 N–H and O–H groups in total. The monoisotopic (exact) mass is 259 g/mol. The first kappa shape index (κ1) is 9.93. The van der Waals surface area contributed by atoms with Crippen molar-refractivity contribution in [1.82, 2.24) is 5.32 Å². The van der Waals surface area contributed by atoms with Crippen molar-refractivity contribution in [2.24, 2.45) is 0 Å². The molecule has 0 unspecified atom stereocenters. The third-order valence-corrected chi connectivity index (χ3v) is 2.70. The Kier molecular flexibility index (Phi) is 3.03. The Morgan fingerprint density at radius 1 is 1.50 bits per heavy atom. The van der Waals surface area contributed by atoms with Crippen LogP contribution in [0.1, 0.15) is 6.42 Å². The van der Waals surface area contributed by atoms with Crippen LogP contribution < -0.4 is 10.1 Å². The van der Waals surface area contributed by atoms with E-state index in [0.717, 1.165) is 24.0 Å². The van der Waals surface area contributed by atoms with Gasteiger partial charge in [-0.05, 0) is 31.2 Å². The zero-order valence-corrected chi connectivity index (χ0v) is 9.18. The lowest BCUT2D eigenvalue weighted by Gasteiger charge is -2.13. The summed E-state index contributed by atoms with van der Waals surface area (Å²) in [5, 5.41) is 3.17. The third-order valence-electron chi connectivity index (χ3n) is 2.20. The van der Waals surface area contributed by atoms with E-state index in [-0.39, 0.29) is 11.9 Å². The summed E-state index contributed by atoms with van der Waals surface area (Å²) in [5.41, 5.74) is 0. The quantitative estimate of drug-likeness (QED) is 0.881. The average Bonchev–Trinajstić information content (AvgIpc) is 2.64. The van der Waals surface area contributed by atoms with Crippen LogP contribution in [0, 0.1) is 5.82 Å². The van der Waals surface area contributed by atoms with Crippen LogP contribution in [0.2, 0.25) is 0 Å². The maximum Gasteiger partial charge on any atom is 0.165 e. The van der Waals surface area contributed by atoms with Crippen molar-refractivity contribution < 1.29 is 9.13 Å². The Balaban J connectivity index is 2.10. The molecule has 0 aliphatic carbocycles. The van der Waals surface area contributed by atoms with E-state index in [0.29, 0.717) is 5.75 Å². The van der Waals surface area contributed by atoms with Gasteiger partial charge < -0.3 is 10.1 Å². The second kappa shape index (κ2) is 4.28. The summed E-state index contributed by atoms with van der Waals surface area (Å²) < 4.78 is 19.6. The molecule has 0 amide bonds. The molecular weight excluding hydrogens is 249 g/mol. The molecule has 1 fully saturated rings. The predicted octanol–water partition coefficient (Wildman–Crippen LogP) is 2.33. The molecule has 1 atom stereocenters. The minimum atomic E-state index is -0.305. The molecule has 0 aromatic heterocycles. The molecule has 0 bridgehead atoms. The molecule has 4 heteroatoms. The average molecular weight is 260 g/mol. The lowest BCUT2D eigenvalue weighted by molar-refractivity contribution is 0.213. The maximum absolute atomic E-state index is 13.3. The molecule has 1 aromatic carbocycles. The first-order valence-corrected chi connectivity index (χ1v) is 5.37. The van der Waals surface area contributed by atoms with Crippen LogP contribution in [0.4, 0.5) is 4.39 Å². The highest BCUT2D eigenvalue weighted by molar-refractivity contribution is 9.10. The standard InChI is InChI=1S/C10H11BrFNO/c11-7-1-2-9(12)10(5-7)14-8-3-4-13-6-8/h1-2,5,8,13H,3-4,6H2/t8-/m1/s1. The summed E-state index contributed by atoms with van der Waals surface area (Å²) >= 11 is 3.28. The summed E-state index contributed by atoms with van der Waals surface area (Å²) in [4.78, 5) is 0. The molecule has 14 heavy (non-hydrogen) atoms. The molecule has 0 saturated carbocycles. The highest BCUT2D eigenvalue weighted by Gasteiger charge is 2.17. The number of nitrogens with one attached hydrogen (secondary N) is 1. The fraction of sp³-hybridized carbons (Fsp3) is 0.400. The van der Waals surface area contributed by atoms with Crippen LogP contribution in [-0.4, -0.2) is 19.2 Å². The minimum Gasteiger partial charge on any atom is -0.486 e. The largest absolute Gasteiger partial charge is 0.486 e. The highest BCUT2D eigenvalue weighted by atomic mass is 79.9. The van der Waals surface area contributed by atoms with E-state index < -0.39 is 0 Å². The molecule has 1 aliphatic rings. The lowest BCUT2D eigenvalue weighted by Crippen LogP contribution is -2.20. The SMILES string of the molecule is Fc1ccc(Br)cc1O[C@@H]1CCNC1. The van der Waals surface area contributed by atoms with Crippen LogP contribution in [0.3, 0.4) is 0 Å². The van der Waals surface area contributed by atoms with Crippen molar-refractivity contribution in [3.63, 3.8) is 0 Å². The molecule has 1 heterocycles. The molecule has 2 rings (SSSR count). The van der Waals surface area contributed by atoms with E-state index in [1.54, 1.807) is 12.1 Å². The van der Waals surface area contributed by atoms with Gasteiger partial charge in [-0.25, -0.2) is 4.39 Å². The van der Waals surface area contributed by atoms with Gasteiger partial charge in [-0.3, -0.25) is 0 Å². The van der Waals surface area contributed by atoms with E-state index in [1.807, 2.05) is 0 Å². The van der Waals surface area contributed by atoms with Gasteiger partial charge >= 0.3 is 0 Å². The molecule has 0 spiro atoms. The number of ether oxygens (including phenoxy) is 1. The topological polar surface area (TPSA) is 21.3 Å². The molecule has 1 saturated heterocycles. The van der Waals surface area contributed by atoms with Gasteiger partial charge in [-0.15, -0.1) is 0 Å². The second-order valence-electron chi connectivity index (χ2n) is 3.31. The lowest BCUT2D eigenvalue weighted by atomic mass is 10.3. The van der Waals surface area contributed by atoms with E-state index in [2.05, 4.69) is 21.2 Å². The van der Waals surface area contributed by atoms with Gasteiger partial charge in [0.05, 0.1) is 0 Å². The summed E-state index contributed by atoms with van der Waals surface area (Å²) in [5.74, 6) is 0.0215. The number of rotatable bonds is 2. The fourth-order valence-electron chi connectivity index (χ4n) is 1.48. The first-order chi connectivity index (χ1) is 6.75. The smallest absolute Gasteiger partial charge is 0.165 e. The third kappa shape index (κ3) is 2.25. The summed E-state index contributed by atoms with van der Waals surface area (Å²) in [6, 6.07) is 4.73. The van der Waals surface area contributed by atoms with Crippen molar-refractivity contribution >= 4 is 15.9 Å². The molecule has 76 valence electrons. The van der Waals surface area contributed by atoms with Gasteiger partial charge in [-0.1, -0.05) is 15.9 Å². The first-order valence-electron chi connectivity index (χ1n) is 4.58. The molecular formula is C10H11BrFNO. The summed E-state index contributed by atoms with van der Waals surface area (Å²) in [6.07, 6.45) is 1.03. The Morgan fingerprint density at radius 3 is 3.07 bits per heavy atom. The fourth-order valence-corrected chi connectivity index (χ4v) is 1.82. The van der Waals surface area contributed by atoms with E-state index in [1.165, 1.54) is 6.07 Å². The highest BCUT2D eigenvalue weighted by Crippen LogP contribution is 2.24.